The van der Waals surface area contributed by atoms with Crippen LogP contribution in [0.3, 0.4) is 0 Å². The van der Waals surface area contributed by atoms with E-state index in [9.17, 15) is 19.7 Å². The maximum Gasteiger partial charge on any atom is 0.320 e. The summed E-state index contributed by atoms with van der Waals surface area (Å²) in [5.41, 5.74) is 1.43. The molecule has 1 aliphatic carbocycles. The van der Waals surface area contributed by atoms with Gasteiger partial charge in [0.15, 0.2) is 14.2 Å². The van der Waals surface area contributed by atoms with Crippen molar-refractivity contribution in [1.29, 1.82) is 0 Å². The van der Waals surface area contributed by atoms with Gasteiger partial charge in [0, 0.05) is 4.92 Å². The van der Waals surface area contributed by atoms with Crippen molar-refractivity contribution in [3.8, 4) is 0 Å². The zero-order valence-corrected chi connectivity index (χ0v) is 20.7. The number of nitro groups is 1. The number of esters is 2. The zero-order chi connectivity index (χ0) is 24.4. The molecule has 1 unspecified atom stereocenters. The highest BCUT2D eigenvalue weighted by Gasteiger charge is 2.44. The molecule has 0 radical (unpaired) electrons. The number of carbonyl (C=O) groups excluding carboxylic acids is 2. The lowest BCUT2D eigenvalue weighted by Gasteiger charge is -2.38. The van der Waals surface area contributed by atoms with Crippen molar-refractivity contribution in [3.63, 3.8) is 0 Å². The van der Waals surface area contributed by atoms with Crippen LogP contribution in [0.1, 0.15) is 55.9 Å². The minimum Gasteiger partial charge on any atom is -0.468 e. The van der Waals surface area contributed by atoms with Crippen molar-refractivity contribution in [2.24, 2.45) is 5.92 Å². The van der Waals surface area contributed by atoms with Gasteiger partial charge in [-0.15, -0.1) is 0 Å². The van der Waals surface area contributed by atoms with Gasteiger partial charge in [-0.25, -0.2) is 4.39 Å². The SMILES string of the molecule is COC(=O)C(C(=O)OC)[C@@H](C[N+](=O)[O-])c1cc2c(cc1F)C(O[Si](C)(C)C(C)(C)C)CC2. The van der Waals surface area contributed by atoms with Gasteiger partial charge < -0.3 is 13.9 Å². The second-order valence-electron chi connectivity index (χ2n) is 9.62. The Bertz CT molecular complexity index is 881. The van der Waals surface area contributed by atoms with Crippen molar-refractivity contribution in [2.45, 2.75) is 63.8 Å². The number of halogens is 1. The summed E-state index contributed by atoms with van der Waals surface area (Å²) in [4.78, 5) is 35.2. The molecule has 0 aliphatic heterocycles. The summed E-state index contributed by atoms with van der Waals surface area (Å²) in [5, 5.41) is 11.3. The van der Waals surface area contributed by atoms with E-state index in [0.717, 1.165) is 19.8 Å². The standard InChI is InChI=1S/C22H32FNO7Si/c1-22(2,3)32(6,7)31-18-9-8-13-10-15(17(23)11-14(13)18)16(12-24(27)28)19(20(25)29-4)21(26)30-5/h10-11,16,18-19H,8-9,12H2,1-7H3/t16-,18?/m0/s1. The minimum atomic E-state index is -2.10. The molecule has 0 aromatic heterocycles. The van der Waals surface area contributed by atoms with Gasteiger partial charge in [-0.05, 0) is 53.7 Å². The van der Waals surface area contributed by atoms with E-state index in [1.54, 1.807) is 0 Å². The Hall–Kier alpha value is -2.33. The number of methoxy groups -OCH3 is 2. The molecule has 0 fully saturated rings. The highest BCUT2D eigenvalue weighted by Crippen LogP contribution is 2.45. The third kappa shape index (κ3) is 5.35. The van der Waals surface area contributed by atoms with Crippen molar-refractivity contribution in [3.05, 3.63) is 44.8 Å². The average molecular weight is 470 g/mol. The van der Waals surface area contributed by atoms with E-state index in [0.29, 0.717) is 18.4 Å². The largest absolute Gasteiger partial charge is 0.468 e. The Labute approximate surface area is 188 Å². The maximum atomic E-state index is 15.3. The second-order valence-corrected chi connectivity index (χ2v) is 14.4. The van der Waals surface area contributed by atoms with Gasteiger partial charge in [0.05, 0.1) is 26.2 Å². The molecule has 1 aromatic rings. The van der Waals surface area contributed by atoms with E-state index in [4.69, 9.17) is 4.43 Å². The van der Waals surface area contributed by atoms with Crippen LogP contribution in [0.5, 0.6) is 0 Å². The number of benzene rings is 1. The molecule has 0 amide bonds. The van der Waals surface area contributed by atoms with E-state index >= 15 is 4.39 Å². The topological polar surface area (TPSA) is 105 Å². The van der Waals surface area contributed by atoms with Gasteiger partial charge in [-0.2, -0.15) is 0 Å². The molecule has 0 saturated carbocycles. The van der Waals surface area contributed by atoms with Crippen LogP contribution < -0.4 is 0 Å². The molecule has 1 aliphatic rings. The molecule has 0 heterocycles. The molecule has 0 bridgehead atoms. The maximum absolute atomic E-state index is 15.3. The summed E-state index contributed by atoms with van der Waals surface area (Å²) in [6, 6.07) is 2.85. The van der Waals surface area contributed by atoms with E-state index in [1.165, 1.54) is 12.1 Å². The molecule has 0 spiro atoms. The first-order chi connectivity index (χ1) is 14.7. The van der Waals surface area contributed by atoms with Gasteiger partial charge in [-0.3, -0.25) is 19.7 Å². The molecular formula is C22H32FNO7Si. The number of aryl methyl sites for hydroxylation is 1. The Morgan fingerprint density at radius 3 is 2.25 bits per heavy atom. The van der Waals surface area contributed by atoms with Crippen LogP contribution in [0, 0.1) is 21.8 Å². The van der Waals surface area contributed by atoms with Crippen molar-refractivity contribution in [2.75, 3.05) is 20.8 Å². The Morgan fingerprint density at radius 2 is 1.78 bits per heavy atom. The lowest BCUT2D eigenvalue weighted by molar-refractivity contribution is -0.484. The molecule has 2 atom stereocenters. The summed E-state index contributed by atoms with van der Waals surface area (Å²) in [5.74, 6) is -5.76. The van der Waals surface area contributed by atoms with Crippen LogP contribution in [-0.4, -0.2) is 45.9 Å². The predicted octanol–water partition coefficient (Wildman–Crippen LogP) is 4.16. The molecule has 178 valence electrons. The highest BCUT2D eigenvalue weighted by molar-refractivity contribution is 6.74. The number of fused-ring (bicyclic) bond motifs is 1. The van der Waals surface area contributed by atoms with Crippen molar-refractivity contribution in [1.82, 2.24) is 0 Å². The lowest BCUT2D eigenvalue weighted by Crippen LogP contribution is -2.41. The molecule has 1 aromatic carbocycles. The molecule has 2 rings (SSSR count). The predicted molar refractivity (Wildman–Crippen MR) is 118 cm³/mol. The number of nitrogens with zero attached hydrogens (tertiary/aromatic N) is 1. The van der Waals surface area contributed by atoms with E-state index < -0.39 is 49.4 Å². The highest BCUT2D eigenvalue weighted by atomic mass is 28.4. The van der Waals surface area contributed by atoms with Crippen LogP contribution in [-0.2, 0) is 29.9 Å². The van der Waals surface area contributed by atoms with Gasteiger partial charge >= 0.3 is 11.9 Å². The third-order valence-electron chi connectivity index (χ3n) is 6.58. The molecular weight excluding hydrogens is 437 g/mol. The quantitative estimate of drug-likeness (QED) is 0.185. The van der Waals surface area contributed by atoms with Gasteiger partial charge in [-0.1, -0.05) is 26.8 Å². The van der Waals surface area contributed by atoms with Crippen molar-refractivity contribution < 1.29 is 32.8 Å². The fraction of sp³-hybridized carbons (Fsp3) is 0.636. The Balaban J connectivity index is 2.50. The van der Waals surface area contributed by atoms with Crippen LogP contribution in [0.25, 0.3) is 0 Å². The normalized spacial score (nSPS) is 17.1. The summed E-state index contributed by atoms with van der Waals surface area (Å²) in [6.45, 7) is 9.80. The third-order valence-corrected chi connectivity index (χ3v) is 11.1. The number of carbonyl (C=O) groups is 2. The Kier molecular flexibility index (Phi) is 7.82. The minimum absolute atomic E-state index is 0.0146. The fourth-order valence-corrected chi connectivity index (χ4v) is 5.08. The summed E-state index contributed by atoms with van der Waals surface area (Å²) < 4.78 is 31.1. The molecule has 0 N–H and O–H groups in total. The Morgan fingerprint density at radius 1 is 1.22 bits per heavy atom. The van der Waals surface area contributed by atoms with Crippen LogP contribution >= 0.6 is 0 Å². The summed E-state index contributed by atoms with van der Waals surface area (Å²) >= 11 is 0. The van der Waals surface area contributed by atoms with Gasteiger partial charge in [0.1, 0.15) is 5.82 Å². The second kappa shape index (κ2) is 9.66. The first kappa shape index (κ1) is 25.9. The zero-order valence-electron chi connectivity index (χ0n) is 19.7. The fourth-order valence-electron chi connectivity index (χ4n) is 3.77. The van der Waals surface area contributed by atoms with E-state index in [-0.39, 0.29) is 16.7 Å². The monoisotopic (exact) mass is 469 g/mol. The number of rotatable bonds is 8. The van der Waals surface area contributed by atoms with E-state index in [1.807, 2.05) is 0 Å². The van der Waals surface area contributed by atoms with Crippen molar-refractivity contribution >= 4 is 20.3 Å². The van der Waals surface area contributed by atoms with Crippen LogP contribution in [0.2, 0.25) is 18.1 Å². The first-order valence-corrected chi connectivity index (χ1v) is 13.4. The first-order valence-electron chi connectivity index (χ1n) is 10.5. The smallest absolute Gasteiger partial charge is 0.320 e. The molecule has 0 saturated heterocycles. The molecule has 10 heteroatoms. The van der Waals surface area contributed by atoms with E-state index in [2.05, 4.69) is 43.3 Å². The summed E-state index contributed by atoms with van der Waals surface area (Å²) in [7, 11) is 0.0130. The number of ether oxygens (including phenoxy) is 2. The molecule has 8 nitrogen and oxygen atoms in total. The lowest BCUT2D eigenvalue weighted by atomic mass is 9.84. The molecule has 32 heavy (non-hydrogen) atoms. The number of hydrogen-bond acceptors (Lipinski definition) is 7. The average Bonchev–Trinajstić information content (AvgIpc) is 3.06. The van der Waals surface area contributed by atoms with Gasteiger partial charge in [0.25, 0.3) is 0 Å². The summed E-state index contributed by atoms with van der Waals surface area (Å²) in [6.07, 6.45) is 1.01. The number of hydrogen-bond donors (Lipinski definition) is 0. The van der Waals surface area contributed by atoms with Gasteiger partial charge in [0.2, 0.25) is 6.54 Å². The van der Waals surface area contributed by atoms with Crippen LogP contribution in [0.15, 0.2) is 12.1 Å². The van der Waals surface area contributed by atoms with Crippen LogP contribution in [0.4, 0.5) is 4.39 Å².